The van der Waals surface area contributed by atoms with Crippen molar-refractivity contribution in [2.24, 2.45) is 5.14 Å². The lowest BCUT2D eigenvalue weighted by Gasteiger charge is -2.11. The summed E-state index contributed by atoms with van der Waals surface area (Å²) in [6.07, 6.45) is 0. The number of sulfonamides is 1. The fraction of sp³-hybridized carbons (Fsp3) is 0. The maximum atomic E-state index is 11.3. The molecule has 5 nitrogen and oxygen atoms in total. The molecule has 0 saturated carbocycles. The largest absolute Gasteiger partial charge is 0.454 e. The molecule has 0 atom stereocenters. The second kappa shape index (κ2) is 5.08. The molecule has 0 spiro atoms. The minimum absolute atomic E-state index is 0.0510. The highest BCUT2D eigenvalue weighted by Gasteiger charge is 2.16. The van der Waals surface area contributed by atoms with Crippen LogP contribution in [0.2, 0.25) is 5.02 Å². The van der Waals surface area contributed by atoms with Crippen LogP contribution in [0.3, 0.4) is 0 Å². The van der Waals surface area contributed by atoms with Crippen LogP contribution in [0.1, 0.15) is 0 Å². The highest BCUT2D eigenvalue weighted by molar-refractivity contribution is 7.89. The zero-order valence-electron chi connectivity index (χ0n) is 9.71. The normalized spacial score (nSPS) is 11.3. The second-order valence-corrected chi connectivity index (χ2v) is 5.68. The number of rotatable bonds is 3. The van der Waals surface area contributed by atoms with Gasteiger partial charge in [0.25, 0.3) is 0 Å². The van der Waals surface area contributed by atoms with Crippen molar-refractivity contribution in [1.29, 1.82) is 0 Å². The fourth-order valence-corrected chi connectivity index (χ4v) is 2.36. The first-order valence-electron chi connectivity index (χ1n) is 5.23. The minimum atomic E-state index is -3.90. The van der Waals surface area contributed by atoms with Crippen LogP contribution in [0.15, 0.2) is 47.4 Å². The lowest BCUT2D eigenvalue weighted by Crippen LogP contribution is -2.14. The van der Waals surface area contributed by atoms with Crippen molar-refractivity contribution in [1.82, 2.24) is 0 Å². The smallest absolute Gasteiger partial charge is 0.240 e. The Morgan fingerprint density at radius 1 is 1.00 bits per heavy atom. The number of para-hydroxylation sites is 2. The molecular formula is C12H11ClN2O3S. The van der Waals surface area contributed by atoms with Crippen LogP contribution in [-0.2, 0) is 10.0 Å². The Hall–Kier alpha value is -1.76. The predicted octanol–water partition coefficient (Wildman–Crippen LogP) is 2.36. The van der Waals surface area contributed by atoms with Gasteiger partial charge in [-0.05, 0) is 24.3 Å². The molecule has 2 aromatic carbocycles. The van der Waals surface area contributed by atoms with Crippen molar-refractivity contribution < 1.29 is 13.2 Å². The molecule has 0 aliphatic rings. The summed E-state index contributed by atoms with van der Waals surface area (Å²) in [4.78, 5) is -0.183. The molecule has 0 fully saturated rings. The zero-order valence-corrected chi connectivity index (χ0v) is 11.3. The molecule has 0 amide bonds. The Morgan fingerprint density at radius 2 is 1.63 bits per heavy atom. The Bertz CT molecular complexity index is 717. The van der Waals surface area contributed by atoms with Crippen molar-refractivity contribution >= 4 is 27.3 Å². The van der Waals surface area contributed by atoms with Gasteiger partial charge in [-0.15, -0.1) is 0 Å². The van der Waals surface area contributed by atoms with E-state index in [0.717, 1.165) is 0 Å². The number of nitrogen functional groups attached to an aromatic ring is 1. The summed E-state index contributed by atoms with van der Waals surface area (Å²) in [6, 6.07) is 11.1. The molecule has 0 aliphatic carbocycles. The van der Waals surface area contributed by atoms with Crippen molar-refractivity contribution in [2.75, 3.05) is 5.73 Å². The molecule has 7 heteroatoms. The number of halogens is 1. The fourth-order valence-electron chi connectivity index (χ4n) is 1.51. The molecule has 2 rings (SSSR count). The number of anilines is 1. The molecule has 0 saturated heterocycles. The van der Waals surface area contributed by atoms with E-state index in [1.165, 1.54) is 18.2 Å². The van der Waals surface area contributed by atoms with Crippen molar-refractivity contribution in [3.05, 3.63) is 47.5 Å². The monoisotopic (exact) mass is 298 g/mol. The van der Waals surface area contributed by atoms with Crippen LogP contribution >= 0.6 is 11.6 Å². The van der Waals surface area contributed by atoms with Crippen LogP contribution in [-0.4, -0.2) is 8.42 Å². The lowest BCUT2D eigenvalue weighted by atomic mass is 10.3. The summed E-state index contributed by atoms with van der Waals surface area (Å²) in [6.45, 7) is 0. The Morgan fingerprint density at radius 3 is 2.26 bits per heavy atom. The van der Waals surface area contributed by atoms with Crippen molar-refractivity contribution in [3.8, 4) is 11.5 Å². The Kier molecular flexibility index (Phi) is 3.66. The van der Waals surface area contributed by atoms with Gasteiger partial charge in [0.1, 0.15) is 10.6 Å². The van der Waals surface area contributed by atoms with Crippen LogP contribution in [0, 0.1) is 0 Å². The highest BCUT2D eigenvalue weighted by atomic mass is 35.5. The molecule has 4 N–H and O–H groups in total. The van der Waals surface area contributed by atoms with E-state index >= 15 is 0 Å². The van der Waals surface area contributed by atoms with E-state index in [2.05, 4.69) is 0 Å². The minimum Gasteiger partial charge on any atom is -0.454 e. The van der Waals surface area contributed by atoms with Gasteiger partial charge in [0, 0.05) is 0 Å². The Balaban J connectivity index is 2.46. The van der Waals surface area contributed by atoms with E-state index in [1.54, 1.807) is 24.3 Å². The number of hydrogen-bond donors (Lipinski definition) is 2. The molecule has 0 heterocycles. The van der Waals surface area contributed by atoms with Crippen molar-refractivity contribution in [2.45, 2.75) is 4.90 Å². The molecule has 0 unspecified atom stereocenters. The first-order chi connectivity index (χ1) is 8.89. The number of ether oxygens (including phenoxy) is 1. The number of nitrogens with two attached hydrogens (primary N) is 2. The Labute approximate surface area is 115 Å². The third kappa shape index (κ3) is 2.98. The summed E-state index contributed by atoms with van der Waals surface area (Å²) in [5.74, 6) is 0.557. The molecule has 0 aliphatic heterocycles. The lowest BCUT2D eigenvalue weighted by molar-refractivity contribution is 0.483. The number of hydrogen-bond acceptors (Lipinski definition) is 4. The van der Waals surface area contributed by atoms with E-state index < -0.39 is 10.0 Å². The standard InChI is InChI=1S/C12H11ClN2O3S/c13-8-4-1-2-5-9(8)18-10-6-3-7-11(12(10)14)19(15,16)17/h1-7H,14H2,(H2,15,16,17). The summed E-state index contributed by atoms with van der Waals surface area (Å²) in [5.41, 5.74) is 5.69. The van der Waals surface area contributed by atoms with E-state index in [9.17, 15) is 8.42 Å². The van der Waals surface area contributed by atoms with Crippen LogP contribution in [0.5, 0.6) is 11.5 Å². The summed E-state index contributed by atoms with van der Waals surface area (Å²) >= 11 is 5.95. The third-order valence-corrected chi connectivity index (χ3v) is 3.67. The third-order valence-electron chi connectivity index (χ3n) is 2.39. The quantitative estimate of drug-likeness (QED) is 0.850. The highest BCUT2D eigenvalue weighted by Crippen LogP contribution is 2.34. The molecule has 0 aromatic heterocycles. The molecule has 0 bridgehead atoms. The van der Waals surface area contributed by atoms with Crippen LogP contribution in [0.25, 0.3) is 0 Å². The van der Waals surface area contributed by atoms with Crippen molar-refractivity contribution in [3.63, 3.8) is 0 Å². The summed E-state index contributed by atoms with van der Waals surface area (Å²) in [7, 11) is -3.90. The molecule has 2 aromatic rings. The average molecular weight is 299 g/mol. The van der Waals surface area contributed by atoms with Gasteiger partial charge in [-0.25, -0.2) is 13.6 Å². The SMILES string of the molecule is Nc1c(Oc2ccccc2Cl)cccc1S(N)(=O)=O. The maximum Gasteiger partial charge on any atom is 0.240 e. The van der Waals surface area contributed by atoms with Gasteiger partial charge >= 0.3 is 0 Å². The van der Waals surface area contributed by atoms with Gasteiger partial charge < -0.3 is 10.5 Å². The number of primary sulfonamides is 1. The van der Waals surface area contributed by atoms with Gasteiger partial charge in [-0.2, -0.15) is 0 Å². The van der Waals surface area contributed by atoms with Gasteiger partial charge in [0.15, 0.2) is 5.75 Å². The van der Waals surface area contributed by atoms with Gasteiger partial charge in [0.05, 0.1) is 10.7 Å². The first-order valence-corrected chi connectivity index (χ1v) is 7.15. The molecule has 100 valence electrons. The molecule has 19 heavy (non-hydrogen) atoms. The van der Waals surface area contributed by atoms with E-state index in [4.69, 9.17) is 27.2 Å². The zero-order chi connectivity index (χ0) is 14.0. The maximum absolute atomic E-state index is 11.3. The average Bonchev–Trinajstić information content (AvgIpc) is 2.33. The first kappa shape index (κ1) is 13.7. The molecule has 0 radical (unpaired) electrons. The van der Waals surface area contributed by atoms with Gasteiger partial charge in [-0.3, -0.25) is 0 Å². The van der Waals surface area contributed by atoms with Gasteiger partial charge in [0.2, 0.25) is 10.0 Å². The summed E-state index contributed by atoms with van der Waals surface area (Å²) in [5, 5.41) is 5.45. The van der Waals surface area contributed by atoms with E-state index in [-0.39, 0.29) is 16.3 Å². The second-order valence-electron chi connectivity index (χ2n) is 3.75. The topological polar surface area (TPSA) is 95.4 Å². The van der Waals surface area contributed by atoms with Gasteiger partial charge in [-0.1, -0.05) is 29.8 Å². The summed E-state index contributed by atoms with van der Waals surface area (Å²) < 4.78 is 28.2. The van der Waals surface area contributed by atoms with Crippen LogP contribution < -0.4 is 15.6 Å². The number of benzene rings is 2. The van der Waals surface area contributed by atoms with E-state index in [0.29, 0.717) is 10.8 Å². The van der Waals surface area contributed by atoms with Crippen LogP contribution in [0.4, 0.5) is 5.69 Å². The predicted molar refractivity (Wildman–Crippen MR) is 73.8 cm³/mol. The van der Waals surface area contributed by atoms with E-state index in [1.807, 2.05) is 0 Å². The molecular weight excluding hydrogens is 288 g/mol.